The zero-order valence-electron chi connectivity index (χ0n) is 17.1. The zero-order chi connectivity index (χ0) is 21.8. The molecule has 0 amide bonds. The van der Waals surface area contributed by atoms with Crippen LogP contribution in [-0.2, 0) is 10.3 Å². The van der Waals surface area contributed by atoms with Crippen LogP contribution in [0.5, 0.6) is 0 Å². The zero-order valence-corrected chi connectivity index (χ0v) is 17.8. The number of carbonyl (C=O) groups excluding carboxylic acids is 1. The summed E-state index contributed by atoms with van der Waals surface area (Å²) in [6.45, 7) is 2.02. The van der Waals surface area contributed by atoms with Crippen molar-refractivity contribution >= 4 is 23.3 Å². The molecule has 0 bridgehead atoms. The van der Waals surface area contributed by atoms with E-state index in [1.54, 1.807) is 30.3 Å². The molecule has 0 heterocycles. The van der Waals surface area contributed by atoms with Crippen LogP contribution in [-0.4, -0.2) is 5.97 Å². The van der Waals surface area contributed by atoms with E-state index in [0.29, 0.717) is 21.8 Å². The largest absolute Gasteiger partial charge is 0.441 e. The Morgan fingerprint density at radius 1 is 0.774 bits per heavy atom. The van der Waals surface area contributed by atoms with Crippen molar-refractivity contribution < 1.29 is 9.53 Å². The molecule has 31 heavy (non-hydrogen) atoms. The highest BCUT2D eigenvalue weighted by molar-refractivity contribution is 6.31. The number of nitrogen functional groups attached to an aromatic ring is 1. The second kappa shape index (κ2) is 8.66. The SMILES string of the molecule is Cc1ccc(C(OC(=O)c2ccc(N)cc2)(c2ccccc2)c2ccccc2Cl)cc1. The summed E-state index contributed by atoms with van der Waals surface area (Å²) in [5.74, 6) is -0.468. The van der Waals surface area contributed by atoms with Crippen LogP contribution < -0.4 is 5.73 Å². The molecule has 0 radical (unpaired) electrons. The highest BCUT2D eigenvalue weighted by Gasteiger charge is 2.42. The molecule has 0 spiro atoms. The third kappa shape index (κ3) is 4.05. The van der Waals surface area contributed by atoms with Crippen molar-refractivity contribution in [1.29, 1.82) is 0 Å². The van der Waals surface area contributed by atoms with E-state index < -0.39 is 11.6 Å². The van der Waals surface area contributed by atoms with Gasteiger partial charge in [-0.05, 0) is 37.3 Å². The van der Waals surface area contributed by atoms with Crippen LogP contribution in [0.1, 0.15) is 32.6 Å². The summed E-state index contributed by atoms with van der Waals surface area (Å²) in [5.41, 5.74) is 8.96. The molecule has 4 rings (SSSR count). The van der Waals surface area contributed by atoms with E-state index in [0.717, 1.165) is 16.7 Å². The molecule has 4 aromatic carbocycles. The smallest absolute Gasteiger partial charge is 0.339 e. The molecule has 0 saturated carbocycles. The standard InChI is InChI=1S/C27H22ClNO2/c1-19-11-15-22(16-12-19)27(21-7-3-2-4-8-21,24-9-5-6-10-25(24)28)31-26(30)20-13-17-23(29)18-14-20/h2-18H,29H2,1H3. The van der Waals surface area contributed by atoms with Crippen molar-refractivity contribution in [2.45, 2.75) is 12.5 Å². The molecule has 0 aliphatic carbocycles. The van der Waals surface area contributed by atoms with Gasteiger partial charge in [-0.3, -0.25) is 0 Å². The number of aryl methyl sites for hydroxylation is 1. The fourth-order valence-electron chi connectivity index (χ4n) is 3.68. The highest BCUT2D eigenvalue weighted by Crippen LogP contribution is 2.44. The molecular formula is C27H22ClNO2. The quantitative estimate of drug-likeness (QED) is 0.228. The van der Waals surface area contributed by atoms with Gasteiger partial charge in [0.15, 0.2) is 5.60 Å². The molecule has 0 fully saturated rings. The van der Waals surface area contributed by atoms with Crippen molar-refractivity contribution in [3.63, 3.8) is 0 Å². The van der Waals surface area contributed by atoms with Crippen LogP contribution in [0, 0.1) is 6.92 Å². The van der Waals surface area contributed by atoms with Crippen molar-refractivity contribution in [2.75, 3.05) is 5.73 Å². The lowest BCUT2D eigenvalue weighted by atomic mass is 9.79. The first-order valence-electron chi connectivity index (χ1n) is 9.97. The summed E-state index contributed by atoms with van der Waals surface area (Å²) in [7, 11) is 0. The summed E-state index contributed by atoms with van der Waals surface area (Å²) < 4.78 is 6.38. The Morgan fingerprint density at radius 3 is 2.00 bits per heavy atom. The number of anilines is 1. The second-order valence-electron chi connectivity index (χ2n) is 7.40. The lowest BCUT2D eigenvalue weighted by Crippen LogP contribution is -2.35. The van der Waals surface area contributed by atoms with Crippen molar-refractivity contribution in [3.05, 3.63) is 136 Å². The summed E-state index contributed by atoms with van der Waals surface area (Å²) in [5, 5.41) is 0.511. The van der Waals surface area contributed by atoms with Gasteiger partial charge in [-0.1, -0.05) is 90.0 Å². The Balaban J connectivity index is 1.97. The van der Waals surface area contributed by atoms with Crippen LogP contribution >= 0.6 is 11.6 Å². The first-order valence-corrected chi connectivity index (χ1v) is 10.3. The molecule has 1 unspecified atom stereocenters. The van der Waals surface area contributed by atoms with Gasteiger partial charge in [0.05, 0.1) is 5.56 Å². The van der Waals surface area contributed by atoms with Crippen LogP contribution in [0.25, 0.3) is 0 Å². The number of hydrogen-bond acceptors (Lipinski definition) is 3. The average Bonchev–Trinajstić information content (AvgIpc) is 2.79. The van der Waals surface area contributed by atoms with Gasteiger partial charge >= 0.3 is 5.97 Å². The number of carbonyl (C=O) groups is 1. The molecule has 0 aromatic heterocycles. The Morgan fingerprint density at radius 2 is 1.35 bits per heavy atom. The fraction of sp³-hybridized carbons (Fsp3) is 0.0741. The second-order valence-corrected chi connectivity index (χ2v) is 7.81. The van der Waals surface area contributed by atoms with Gasteiger partial charge < -0.3 is 10.5 Å². The fourth-order valence-corrected chi connectivity index (χ4v) is 3.94. The number of benzene rings is 4. The molecule has 3 nitrogen and oxygen atoms in total. The molecule has 0 aliphatic rings. The van der Waals surface area contributed by atoms with Gasteiger partial charge in [0, 0.05) is 27.4 Å². The minimum atomic E-state index is -1.23. The Kier molecular flexibility index (Phi) is 5.79. The van der Waals surface area contributed by atoms with E-state index in [1.807, 2.05) is 79.7 Å². The summed E-state index contributed by atoms with van der Waals surface area (Å²) in [6.07, 6.45) is 0. The average molecular weight is 428 g/mol. The number of ether oxygens (including phenoxy) is 1. The van der Waals surface area contributed by atoms with E-state index in [4.69, 9.17) is 22.1 Å². The van der Waals surface area contributed by atoms with Gasteiger partial charge in [-0.25, -0.2) is 4.79 Å². The molecule has 154 valence electrons. The van der Waals surface area contributed by atoms with Crippen LogP contribution in [0.15, 0.2) is 103 Å². The van der Waals surface area contributed by atoms with Gasteiger partial charge in [-0.15, -0.1) is 0 Å². The van der Waals surface area contributed by atoms with E-state index in [1.165, 1.54) is 0 Å². The van der Waals surface area contributed by atoms with Gasteiger partial charge in [0.1, 0.15) is 0 Å². The van der Waals surface area contributed by atoms with E-state index in [-0.39, 0.29) is 0 Å². The number of halogens is 1. The maximum Gasteiger partial charge on any atom is 0.339 e. The number of esters is 1. The predicted molar refractivity (Wildman–Crippen MR) is 125 cm³/mol. The third-order valence-electron chi connectivity index (χ3n) is 5.28. The molecule has 0 saturated heterocycles. The molecule has 4 aromatic rings. The molecule has 0 aliphatic heterocycles. The Labute approximate surface area is 187 Å². The van der Waals surface area contributed by atoms with Gasteiger partial charge in [-0.2, -0.15) is 0 Å². The third-order valence-corrected chi connectivity index (χ3v) is 5.61. The summed E-state index contributed by atoms with van der Waals surface area (Å²) in [6, 6.07) is 31.8. The predicted octanol–water partition coefficient (Wildman–Crippen LogP) is 6.38. The number of nitrogens with two attached hydrogens (primary N) is 1. The van der Waals surface area contributed by atoms with Crippen molar-refractivity contribution in [3.8, 4) is 0 Å². The minimum absolute atomic E-state index is 0.411. The maximum absolute atomic E-state index is 13.4. The van der Waals surface area contributed by atoms with Crippen molar-refractivity contribution in [1.82, 2.24) is 0 Å². The lowest BCUT2D eigenvalue weighted by molar-refractivity contribution is 0.0142. The van der Waals surface area contributed by atoms with E-state index in [2.05, 4.69) is 0 Å². The normalized spacial score (nSPS) is 12.7. The highest BCUT2D eigenvalue weighted by atomic mass is 35.5. The monoisotopic (exact) mass is 427 g/mol. The topological polar surface area (TPSA) is 52.3 Å². The first-order chi connectivity index (χ1) is 15.0. The van der Waals surface area contributed by atoms with Crippen molar-refractivity contribution in [2.24, 2.45) is 0 Å². The van der Waals surface area contributed by atoms with Crippen LogP contribution in [0.3, 0.4) is 0 Å². The molecular weight excluding hydrogens is 406 g/mol. The minimum Gasteiger partial charge on any atom is -0.441 e. The van der Waals surface area contributed by atoms with E-state index in [9.17, 15) is 4.79 Å². The van der Waals surface area contributed by atoms with Crippen LogP contribution in [0.2, 0.25) is 5.02 Å². The van der Waals surface area contributed by atoms with Gasteiger partial charge in [0.2, 0.25) is 0 Å². The summed E-state index contributed by atoms with van der Waals surface area (Å²) in [4.78, 5) is 13.4. The summed E-state index contributed by atoms with van der Waals surface area (Å²) >= 11 is 6.68. The Bertz CT molecular complexity index is 1190. The van der Waals surface area contributed by atoms with Crippen LogP contribution in [0.4, 0.5) is 5.69 Å². The maximum atomic E-state index is 13.4. The molecule has 4 heteroatoms. The number of rotatable bonds is 5. The van der Waals surface area contributed by atoms with Gasteiger partial charge in [0.25, 0.3) is 0 Å². The first kappa shape index (κ1) is 20.7. The number of hydrogen-bond donors (Lipinski definition) is 1. The lowest BCUT2D eigenvalue weighted by Gasteiger charge is -2.36. The molecule has 1 atom stereocenters. The Hall–Kier alpha value is -3.56. The molecule has 2 N–H and O–H groups in total. The van der Waals surface area contributed by atoms with E-state index >= 15 is 0 Å².